The van der Waals surface area contributed by atoms with Gasteiger partial charge in [-0.15, -0.1) is 0 Å². The van der Waals surface area contributed by atoms with Crippen LogP contribution < -0.4 is 10.5 Å². The largest absolute Gasteiger partial charge is 0.496 e. The first-order chi connectivity index (χ1) is 9.13. The molecule has 1 aromatic rings. The van der Waals surface area contributed by atoms with E-state index in [0.717, 1.165) is 25.0 Å². The van der Waals surface area contributed by atoms with Crippen LogP contribution in [0.25, 0.3) is 0 Å². The molecule has 0 atom stereocenters. The predicted octanol–water partition coefficient (Wildman–Crippen LogP) is 3.99. The van der Waals surface area contributed by atoms with E-state index in [1.165, 1.54) is 43.2 Å². The number of methoxy groups -OCH3 is 1. The number of rotatable bonds is 3. The Morgan fingerprint density at radius 1 is 1.11 bits per heavy atom. The molecule has 0 aromatic heterocycles. The van der Waals surface area contributed by atoms with Crippen molar-refractivity contribution in [2.45, 2.75) is 63.8 Å². The lowest BCUT2D eigenvalue weighted by Crippen LogP contribution is -2.42. The Morgan fingerprint density at radius 2 is 1.74 bits per heavy atom. The molecule has 2 nitrogen and oxygen atoms in total. The van der Waals surface area contributed by atoms with Gasteiger partial charge in [-0.2, -0.15) is 0 Å². The van der Waals surface area contributed by atoms with Gasteiger partial charge in [0, 0.05) is 5.54 Å². The van der Waals surface area contributed by atoms with E-state index in [4.69, 9.17) is 10.5 Å². The maximum Gasteiger partial charge on any atom is 0.122 e. The minimum absolute atomic E-state index is 0.0402. The van der Waals surface area contributed by atoms with Crippen LogP contribution in [0.4, 0.5) is 0 Å². The average Bonchev–Trinajstić information content (AvgIpc) is 2.35. The van der Waals surface area contributed by atoms with E-state index in [2.05, 4.69) is 25.1 Å². The Labute approximate surface area is 117 Å². The standard InChI is InChI=1S/C17H27NO/c1-14-8-9-16(19-2)15(12-14)13-17(18)10-6-4-3-5-7-11-17/h8-9,12H,3-7,10-11,13,18H2,1-2H3. The Morgan fingerprint density at radius 3 is 2.37 bits per heavy atom. The molecule has 0 spiro atoms. The summed E-state index contributed by atoms with van der Waals surface area (Å²) in [4.78, 5) is 0. The summed E-state index contributed by atoms with van der Waals surface area (Å²) in [6, 6.07) is 6.40. The van der Waals surface area contributed by atoms with Crippen molar-refractivity contribution in [1.29, 1.82) is 0 Å². The lowest BCUT2D eigenvalue weighted by Gasteiger charge is -2.32. The predicted molar refractivity (Wildman–Crippen MR) is 80.7 cm³/mol. The molecule has 1 aliphatic rings. The van der Waals surface area contributed by atoms with Crippen molar-refractivity contribution in [3.63, 3.8) is 0 Å². The zero-order valence-electron chi connectivity index (χ0n) is 12.4. The van der Waals surface area contributed by atoms with E-state index < -0.39 is 0 Å². The second-order valence-corrected chi connectivity index (χ2v) is 6.12. The van der Waals surface area contributed by atoms with E-state index in [1.807, 2.05) is 0 Å². The topological polar surface area (TPSA) is 35.2 Å². The molecular weight excluding hydrogens is 234 g/mol. The summed E-state index contributed by atoms with van der Waals surface area (Å²) < 4.78 is 5.49. The smallest absolute Gasteiger partial charge is 0.122 e. The van der Waals surface area contributed by atoms with Crippen LogP contribution in [-0.4, -0.2) is 12.6 Å². The highest BCUT2D eigenvalue weighted by Crippen LogP contribution is 2.31. The van der Waals surface area contributed by atoms with Crippen molar-refractivity contribution in [3.8, 4) is 5.75 Å². The highest BCUT2D eigenvalue weighted by molar-refractivity contribution is 5.38. The minimum atomic E-state index is -0.0402. The van der Waals surface area contributed by atoms with Crippen molar-refractivity contribution in [3.05, 3.63) is 29.3 Å². The Balaban J connectivity index is 2.15. The minimum Gasteiger partial charge on any atom is -0.496 e. The van der Waals surface area contributed by atoms with Gasteiger partial charge >= 0.3 is 0 Å². The lowest BCUT2D eigenvalue weighted by atomic mass is 9.80. The fourth-order valence-corrected chi connectivity index (χ4v) is 3.21. The summed E-state index contributed by atoms with van der Waals surface area (Å²) in [6.45, 7) is 2.13. The van der Waals surface area contributed by atoms with Crippen LogP contribution in [0.2, 0.25) is 0 Å². The van der Waals surface area contributed by atoms with Gasteiger partial charge in [0.25, 0.3) is 0 Å². The first-order valence-electron chi connectivity index (χ1n) is 7.55. The molecule has 1 fully saturated rings. The highest BCUT2D eigenvalue weighted by atomic mass is 16.5. The molecule has 19 heavy (non-hydrogen) atoms. The molecule has 1 aliphatic carbocycles. The summed E-state index contributed by atoms with van der Waals surface area (Å²) >= 11 is 0. The summed E-state index contributed by atoms with van der Waals surface area (Å²) in [5.74, 6) is 0.984. The zero-order valence-corrected chi connectivity index (χ0v) is 12.4. The third-order valence-electron chi connectivity index (χ3n) is 4.33. The van der Waals surface area contributed by atoms with Crippen molar-refractivity contribution in [1.82, 2.24) is 0 Å². The van der Waals surface area contributed by atoms with E-state index in [-0.39, 0.29) is 5.54 Å². The van der Waals surface area contributed by atoms with Gasteiger partial charge in [0.1, 0.15) is 5.75 Å². The van der Waals surface area contributed by atoms with Crippen LogP contribution in [0, 0.1) is 6.92 Å². The van der Waals surface area contributed by atoms with Gasteiger partial charge in [0.15, 0.2) is 0 Å². The normalized spacial score (nSPS) is 19.5. The highest BCUT2D eigenvalue weighted by Gasteiger charge is 2.26. The fraction of sp³-hybridized carbons (Fsp3) is 0.647. The van der Waals surface area contributed by atoms with Crippen LogP contribution >= 0.6 is 0 Å². The maximum absolute atomic E-state index is 6.68. The van der Waals surface area contributed by atoms with E-state index in [0.29, 0.717) is 0 Å². The molecule has 1 saturated carbocycles. The fourth-order valence-electron chi connectivity index (χ4n) is 3.21. The van der Waals surface area contributed by atoms with Crippen molar-refractivity contribution < 1.29 is 4.74 Å². The SMILES string of the molecule is COc1ccc(C)cc1CC1(N)CCCCCCC1. The summed E-state index contributed by atoms with van der Waals surface area (Å²) in [7, 11) is 1.75. The number of aryl methyl sites for hydroxylation is 1. The second-order valence-electron chi connectivity index (χ2n) is 6.12. The Kier molecular flexibility index (Phi) is 4.87. The number of hydrogen-bond acceptors (Lipinski definition) is 2. The number of benzene rings is 1. The van der Waals surface area contributed by atoms with E-state index >= 15 is 0 Å². The van der Waals surface area contributed by atoms with Crippen LogP contribution in [0.5, 0.6) is 5.75 Å². The molecule has 2 N–H and O–H groups in total. The molecule has 0 saturated heterocycles. The third kappa shape index (κ3) is 3.97. The molecule has 0 radical (unpaired) electrons. The van der Waals surface area contributed by atoms with Gasteiger partial charge in [0.2, 0.25) is 0 Å². The van der Waals surface area contributed by atoms with Gasteiger partial charge in [0.05, 0.1) is 7.11 Å². The van der Waals surface area contributed by atoms with Crippen molar-refractivity contribution in [2.24, 2.45) is 5.73 Å². The van der Waals surface area contributed by atoms with Gasteiger partial charge < -0.3 is 10.5 Å². The molecule has 1 aromatic carbocycles. The van der Waals surface area contributed by atoms with E-state index in [1.54, 1.807) is 7.11 Å². The summed E-state index contributed by atoms with van der Waals surface area (Å²) in [5, 5.41) is 0. The van der Waals surface area contributed by atoms with Crippen LogP contribution in [0.15, 0.2) is 18.2 Å². The third-order valence-corrected chi connectivity index (χ3v) is 4.33. The molecular formula is C17H27NO. The summed E-state index contributed by atoms with van der Waals surface area (Å²) in [6.07, 6.45) is 9.82. The van der Waals surface area contributed by atoms with Crippen LogP contribution in [0.1, 0.15) is 56.1 Å². The average molecular weight is 261 g/mol. The molecule has 106 valence electrons. The van der Waals surface area contributed by atoms with E-state index in [9.17, 15) is 0 Å². The number of nitrogens with two attached hydrogens (primary N) is 1. The van der Waals surface area contributed by atoms with Gasteiger partial charge in [-0.05, 0) is 37.8 Å². The zero-order chi connectivity index (χ0) is 13.7. The first kappa shape index (κ1) is 14.4. The molecule has 0 amide bonds. The van der Waals surface area contributed by atoms with Gasteiger partial charge in [-0.25, -0.2) is 0 Å². The van der Waals surface area contributed by atoms with Crippen molar-refractivity contribution in [2.75, 3.05) is 7.11 Å². The number of ether oxygens (including phenoxy) is 1. The van der Waals surface area contributed by atoms with Gasteiger partial charge in [-0.3, -0.25) is 0 Å². The molecule has 2 heteroatoms. The molecule has 0 bridgehead atoms. The van der Waals surface area contributed by atoms with Crippen LogP contribution in [-0.2, 0) is 6.42 Å². The molecule has 0 aliphatic heterocycles. The van der Waals surface area contributed by atoms with Crippen molar-refractivity contribution >= 4 is 0 Å². The van der Waals surface area contributed by atoms with Crippen LogP contribution in [0.3, 0.4) is 0 Å². The van der Waals surface area contributed by atoms with Gasteiger partial charge in [-0.1, -0.05) is 49.8 Å². The quantitative estimate of drug-likeness (QED) is 0.893. The monoisotopic (exact) mass is 261 g/mol. The Bertz CT molecular complexity index is 406. The molecule has 0 unspecified atom stereocenters. The number of hydrogen-bond donors (Lipinski definition) is 1. The molecule has 0 heterocycles. The first-order valence-corrected chi connectivity index (χ1v) is 7.55. The molecule has 2 rings (SSSR count). The second kappa shape index (κ2) is 6.42. The maximum atomic E-state index is 6.68. The lowest BCUT2D eigenvalue weighted by molar-refractivity contribution is 0.309. The Hall–Kier alpha value is -1.02. The summed E-state index contributed by atoms with van der Waals surface area (Å²) in [5.41, 5.74) is 9.19.